The lowest BCUT2D eigenvalue weighted by atomic mass is 9.94. The lowest BCUT2D eigenvalue weighted by molar-refractivity contribution is -0.184. The molecule has 1 aliphatic carbocycles. The van der Waals surface area contributed by atoms with Crippen LogP contribution < -0.4 is 5.32 Å². The second-order valence-electron chi connectivity index (χ2n) is 6.48. The summed E-state index contributed by atoms with van der Waals surface area (Å²) in [5.41, 5.74) is -0.557. The van der Waals surface area contributed by atoms with Crippen LogP contribution in [-0.2, 0) is 9.53 Å². The monoisotopic (exact) mass is 284 g/mol. The molecule has 0 aromatic rings. The van der Waals surface area contributed by atoms with E-state index in [1.807, 2.05) is 13.8 Å². The topological polar surface area (TPSA) is 78.9 Å². The number of aliphatic carboxylic acids is 1. The largest absolute Gasteiger partial charge is 0.481 e. The molecule has 1 saturated carbocycles. The molecule has 0 radical (unpaired) electrons. The minimum Gasteiger partial charge on any atom is -0.481 e. The zero-order chi connectivity index (χ0) is 14.8. The quantitative estimate of drug-likeness (QED) is 0.825. The summed E-state index contributed by atoms with van der Waals surface area (Å²) in [5.74, 6) is -0.903. The first-order chi connectivity index (χ1) is 9.32. The number of nitrogens with zero attached hydrogens (tertiary/aromatic N) is 1. The maximum atomic E-state index is 12.2. The Hall–Kier alpha value is -1.30. The molecule has 2 aliphatic rings. The fourth-order valence-corrected chi connectivity index (χ4v) is 3.33. The third kappa shape index (κ3) is 3.62. The van der Waals surface area contributed by atoms with Crippen LogP contribution in [0, 0.1) is 0 Å². The fourth-order valence-electron chi connectivity index (χ4n) is 3.33. The van der Waals surface area contributed by atoms with E-state index >= 15 is 0 Å². The number of hydrogen-bond acceptors (Lipinski definition) is 3. The molecule has 0 aromatic heterocycles. The Labute approximate surface area is 119 Å². The average Bonchev–Trinajstić information content (AvgIpc) is 2.73. The van der Waals surface area contributed by atoms with Crippen LogP contribution in [0.2, 0.25) is 0 Å². The van der Waals surface area contributed by atoms with Gasteiger partial charge in [-0.2, -0.15) is 0 Å². The summed E-state index contributed by atoms with van der Waals surface area (Å²) < 4.78 is 6.23. The summed E-state index contributed by atoms with van der Waals surface area (Å²) >= 11 is 0. The maximum absolute atomic E-state index is 12.2. The van der Waals surface area contributed by atoms with E-state index in [1.54, 1.807) is 4.90 Å². The standard InChI is InChI=1S/C14H24N2O4/c1-13(2)9-16(12(19)15-8-5-11(17)18)10-14(20-13)6-3-4-7-14/h3-10H2,1-2H3,(H,15,19)(H,17,18). The van der Waals surface area contributed by atoms with Gasteiger partial charge in [-0.05, 0) is 26.7 Å². The van der Waals surface area contributed by atoms with Crippen LogP contribution in [0.5, 0.6) is 0 Å². The third-order valence-electron chi connectivity index (χ3n) is 3.96. The molecular weight excluding hydrogens is 260 g/mol. The van der Waals surface area contributed by atoms with Crippen molar-refractivity contribution in [3.05, 3.63) is 0 Å². The van der Waals surface area contributed by atoms with E-state index in [-0.39, 0.29) is 30.2 Å². The van der Waals surface area contributed by atoms with E-state index in [0.29, 0.717) is 13.1 Å². The van der Waals surface area contributed by atoms with Crippen LogP contribution in [0.3, 0.4) is 0 Å². The second-order valence-corrected chi connectivity index (χ2v) is 6.48. The summed E-state index contributed by atoms with van der Waals surface area (Å²) in [5, 5.41) is 11.3. The number of carbonyl (C=O) groups is 2. The van der Waals surface area contributed by atoms with Crippen molar-refractivity contribution in [2.24, 2.45) is 0 Å². The van der Waals surface area contributed by atoms with Crippen molar-refractivity contribution < 1.29 is 19.4 Å². The molecule has 0 aromatic carbocycles. The van der Waals surface area contributed by atoms with Crippen molar-refractivity contribution in [2.75, 3.05) is 19.6 Å². The SMILES string of the molecule is CC1(C)CN(C(=O)NCCC(=O)O)CC2(CCCC2)O1. The molecule has 1 heterocycles. The van der Waals surface area contributed by atoms with Crippen LogP contribution in [0.15, 0.2) is 0 Å². The number of amides is 2. The number of urea groups is 1. The summed E-state index contributed by atoms with van der Waals surface area (Å²) in [6, 6.07) is -0.186. The lowest BCUT2D eigenvalue weighted by Gasteiger charge is -2.48. The molecule has 0 bridgehead atoms. The smallest absolute Gasteiger partial charge is 0.317 e. The van der Waals surface area contributed by atoms with Gasteiger partial charge in [0.05, 0.1) is 30.7 Å². The second kappa shape index (κ2) is 5.60. The van der Waals surface area contributed by atoms with Gasteiger partial charge < -0.3 is 20.1 Å². The van der Waals surface area contributed by atoms with Crippen LogP contribution >= 0.6 is 0 Å². The third-order valence-corrected chi connectivity index (χ3v) is 3.96. The molecule has 114 valence electrons. The molecule has 2 amide bonds. The molecule has 1 saturated heterocycles. The Morgan fingerprint density at radius 2 is 1.90 bits per heavy atom. The number of ether oxygens (including phenoxy) is 1. The zero-order valence-electron chi connectivity index (χ0n) is 12.3. The molecule has 2 fully saturated rings. The molecule has 1 spiro atoms. The van der Waals surface area contributed by atoms with Gasteiger partial charge in [0.1, 0.15) is 0 Å². The van der Waals surface area contributed by atoms with Crippen molar-refractivity contribution in [1.82, 2.24) is 10.2 Å². The number of carboxylic acid groups (broad SMARTS) is 1. The van der Waals surface area contributed by atoms with Gasteiger partial charge in [-0.25, -0.2) is 4.79 Å². The van der Waals surface area contributed by atoms with Gasteiger partial charge in [-0.1, -0.05) is 12.8 Å². The Morgan fingerprint density at radius 1 is 1.25 bits per heavy atom. The lowest BCUT2D eigenvalue weighted by Crippen LogP contribution is -2.61. The Kier molecular flexibility index (Phi) is 4.22. The number of carbonyl (C=O) groups excluding carboxylic acids is 1. The van der Waals surface area contributed by atoms with Crippen LogP contribution in [0.4, 0.5) is 4.79 Å². The zero-order valence-corrected chi connectivity index (χ0v) is 12.3. The molecule has 0 unspecified atom stereocenters. The molecule has 6 heteroatoms. The number of rotatable bonds is 3. The van der Waals surface area contributed by atoms with Crippen LogP contribution in [0.1, 0.15) is 46.0 Å². The van der Waals surface area contributed by atoms with Gasteiger partial charge in [0.15, 0.2) is 0 Å². The van der Waals surface area contributed by atoms with Gasteiger partial charge in [0.2, 0.25) is 0 Å². The highest BCUT2D eigenvalue weighted by atomic mass is 16.5. The summed E-state index contributed by atoms with van der Waals surface area (Å²) in [7, 11) is 0. The molecular formula is C14H24N2O4. The highest BCUT2D eigenvalue weighted by Gasteiger charge is 2.46. The minimum absolute atomic E-state index is 0.0510. The van der Waals surface area contributed by atoms with Gasteiger partial charge in [-0.3, -0.25) is 4.79 Å². The van der Waals surface area contributed by atoms with Crippen LogP contribution in [0.25, 0.3) is 0 Å². The summed E-state index contributed by atoms with van der Waals surface area (Å²) in [4.78, 5) is 24.4. The van der Waals surface area contributed by atoms with E-state index < -0.39 is 5.97 Å². The molecule has 1 aliphatic heterocycles. The van der Waals surface area contributed by atoms with Crippen molar-refractivity contribution in [3.63, 3.8) is 0 Å². The van der Waals surface area contributed by atoms with Crippen molar-refractivity contribution >= 4 is 12.0 Å². The molecule has 6 nitrogen and oxygen atoms in total. The van der Waals surface area contributed by atoms with E-state index in [1.165, 1.54) is 0 Å². The highest BCUT2D eigenvalue weighted by molar-refractivity contribution is 5.75. The number of morpholine rings is 1. The summed E-state index contributed by atoms with van der Waals surface area (Å²) in [6.45, 7) is 5.31. The van der Waals surface area contributed by atoms with Gasteiger partial charge in [-0.15, -0.1) is 0 Å². The number of hydrogen-bond donors (Lipinski definition) is 2. The van der Waals surface area contributed by atoms with Crippen LogP contribution in [-0.4, -0.2) is 52.8 Å². The predicted molar refractivity (Wildman–Crippen MR) is 73.6 cm³/mol. The number of carboxylic acids is 1. The molecule has 20 heavy (non-hydrogen) atoms. The fraction of sp³-hybridized carbons (Fsp3) is 0.857. The van der Waals surface area contributed by atoms with E-state index in [2.05, 4.69) is 5.32 Å². The normalized spacial score (nSPS) is 23.8. The average molecular weight is 284 g/mol. The predicted octanol–water partition coefficient (Wildman–Crippen LogP) is 1.59. The first kappa shape index (κ1) is 15.1. The number of nitrogens with one attached hydrogen (secondary N) is 1. The van der Waals surface area contributed by atoms with E-state index in [0.717, 1.165) is 25.7 Å². The van der Waals surface area contributed by atoms with Crippen molar-refractivity contribution in [3.8, 4) is 0 Å². The highest BCUT2D eigenvalue weighted by Crippen LogP contribution is 2.40. The Balaban J connectivity index is 1.96. The Bertz CT molecular complexity index is 389. The maximum Gasteiger partial charge on any atom is 0.317 e. The summed E-state index contributed by atoms with van der Waals surface area (Å²) in [6.07, 6.45) is 4.23. The molecule has 0 atom stereocenters. The Morgan fingerprint density at radius 3 is 2.50 bits per heavy atom. The first-order valence-electron chi connectivity index (χ1n) is 7.27. The van der Waals surface area contributed by atoms with Gasteiger partial charge in [0, 0.05) is 6.54 Å². The first-order valence-corrected chi connectivity index (χ1v) is 7.27. The van der Waals surface area contributed by atoms with Crippen molar-refractivity contribution in [2.45, 2.75) is 57.2 Å². The van der Waals surface area contributed by atoms with Gasteiger partial charge >= 0.3 is 12.0 Å². The minimum atomic E-state index is -0.903. The van der Waals surface area contributed by atoms with Gasteiger partial charge in [0.25, 0.3) is 0 Å². The van der Waals surface area contributed by atoms with E-state index in [9.17, 15) is 9.59 Å². The molecule has 2 N–H and O–H groups in total. The van der Waals surface area contributed by atoms with E-state index in [4.69, 9.17) is 9.84 Å². The molecule has 2 rings (SSSR count). The van der Waals surface area contributed by atoms with Crippen molar-refractivity contribution in [1.29, 1.82) is 0 Å².